The predicted octanol–water partition coefficient (Wildman–Crippen LogP) is 6.08. The Hall–Kier alpha value is -4.03. The molecule has 0 saturated heterocycles. The number of amides is 1. The second-order valence-electron chi connectivity index (χ2n) is 8.19. The lowest BCUT2D eigenvalue weighted by Gasteiger charge is -2.26. The van der Waals surface area contributed by atoms with E-state index in [4.69, 9.17) is 25.5 Å². The molecule has 1 amide bonds. The van der Waals surface area contributed by atoms with Crippen molar-refractivity contribution in [1.29, 1.82) is 0 Å². The number of ether oxygens (including phenoxy) is 2. The molecule has 0 N–H and O–H groups in total. The minimum atomic E-state index is -0.750. The van der Waals surface area contributed by atoms with Gasteiger partial charge in [-0.2, -0.15) is 0 Å². The predicted molar refractivity (Wildman–Crippen MR) is 136 cm³/mol. The summed E-state index contributed by atoms with van der Waals surface area (Å²) in [4.78, 5) is 28.9. The number of fused-ring (bicyclic) bond motifs is 2. The van der Waals surface area contributed by atoms with Crippen molar-refractivity contribution < 1.29 is 18.7 Å². The van der Waals surface area contributed by atoms with Crippen LogP contribution >= 0.6 is 11.6 Å². The zero-order chi connectivity index (χ0) is 24.7. The number of carbonyl (C=O) groups is 1. The zero-order valence-electron chi connectivity index (χ0n) is 19.2. The van der Waals surface area contributed by atoms with Gasteiger partial charge in [0, 0.05) is 10.7 Å². The van der Waals surface area contributed by atoms with Gasteiger partial charge < -0.3 is 13.9 Å². The monoisotopic (exact) mass is 487 g/mol. The smallest absolute Gasteiger partial charge is 0.295 e. The Morgan fingerprint density at radius 1 is 1.09 bits per heavy atom. The highest BCUT2D eigenvalue weighted by molar-refractivity contribution is 6.31. The number of halogens is 1. The highest BCUT2D eigenvalue weighted by Gasteiger charge is 2.44. The standard InChI is InChI=1S/C28H22ClNO5/c1-4-13-34-22-12-10-17(14-23(22)33-3)25-24-26(31)19-7-5-6-8-21(19)35-27(24)28(32)30(25)18-11-9-16(2)20(29)15-18/h4-12,14-15,25H,1,13H2,2-3H3. The number of nitrogens with zero attached hydrogens (tertiary/aromatic N) is 1. The van der Waals surface area contributed by atoms with Gasteiger partial charge in [-0.3, -0.25) is 14.5 Å². The Labute approximate surface area is 207 Å². The summed E-state index contributed by atoms with van der Waals surface area (Å²) in [5.74, 6) is 0.591. The maximum atomic E-state index is 13.7. The Bertz CT molecular complexity index is 1540. The van der Waals surface area contributed by atoms with Crippen LogP contribution in [0.25, 0.3) is 11.0 Å². The number of hydrogen-bond acceptors (Lipinski definition) is 5. The second kappa shape index (κ2) is 8.96. The first-order valence-electron chi connectivity index (χ1n) is 11.0. The Balaban J connectivity index is 1.76. The van der Waals surface area contributed by atoms with Gasteiger partial charge in [0.05, 0.1) is 24.1 Å². The van der Waals surface area contributed by atoms with Gasteiger partial charge in [-0.05, 0) is 54.4 Å². The van der Waals surface area contributed by atoms with E-state index in [0.29, 0.717) is 45.3 Å². The van der Waals surface area contributed by atoms with E-state index >= 15 is 0 Å². The average molecular weight is 488 g/mol. The molecule has 0 aliphatic carbocycles. The fraction of sp³-hybridized carbons (Fsp3) is 0.143. The molecule has 3 aromatic carbocycles. The topological polar surface area (TPSA) is 69.0 Å². The number of methoxy groups -OCH3 is 1. The van der Waals surface area contributed by atoms with Gasteiger partial charge in [-0.25, -0.2) is 0 Å². The van der Waals surface area contributed by atoms with E-state index in [0.717, 1.165) is 5.56 Å². The summed E-state index contributed by atoms with van der Waals surface area (Å²) in [6, 6.07) is 16.8. The van der Waals surface area contributed by atoms with Crippen molar-refractivity contribution in [2.75, 3.05) is 18.6 Å². The SMILES string of the molecule is C=CCOc1ccc(C2c3c(oc4ccccc4c3=O)C(=O)N2c2ccc(C)c(Cl)c2)cc1OC. The molecule has 2 heterocycles. The lowest BCUT2D eigenvalue weighted by molar-refractivity contribution is 0.0971. The molecule has 1 aromatic heterocycles. The molecule has 0 fully saturated rings. The largest absolute Gasteiger partial charge is 0.493 e. The molecule has 176 valence electrons. The van der Waals surface area contributed by atoms with Crippen LogP contribution in [0.5, 0.6) is 11.5 Å². The van der Waals surface area contributed by atoms with Gasteiger partial charge in [0.15, 0.2) is 16.9 Å². The van der Waals surface area contributed by atoms with Gasteiger partial charge in [0.1, 0.15) is 12.2 Å². The van der Waals surface area contributed by atoms with Crippen molar-refractivity contribution in [2.24, 2.45) is 0 Å². The second-order valence-corrected chi connectivity index (χ2v) is 8.60. The van der Waals surface area contributed by atoms with E-state index in [1.54, 1.807) is 59.5 Å². The Morgan fingerprint density at radius 3 is 2.63 bits per heavy atom. The van der Waals surface area contributed by atoms with E-state index in [1.165, 1.54) is 7.11 Å². The van der Waals surface area contributed by atoms with Crippen LogP contribution in [-0.2, 0) is 0 Å². The number of carbonyl (C=O) groups excluding carboxylic acids is 1. The highest BCUT2D eigenvalue weighted by Crippen LogP contribution is 2.43. The number of aryl methyl sites for hydroxylation is 1. The molecule has 0 spiro atoms. The third kappa shape index (κ3) is 3.76. The number of anilines is 1. The van der Waals surface area contributed by atoms with E-state index < -0.39 is 11.9 Å². The van der Waals surface area contributed by atoms with Gasteiger partial charge in [0.2, 0.25) is 5.76 Å². The number of hydrogen-bond donors (Lipinski definition) is 0. The molecular formula is C28H22ClNO5. The number of para-hydroxylation sites is 1. The van der Waals surface area contributed by atoms with Crippen LogP contribution in [0, 0.1) is 6.92 Å². The quantitative estimate of drug-likeness (QED) is 0.308. The normalized spacial score (nSPS) is 14.8. The van der Waals surface area contributed by atoms with E-state index in [-0.39, 0.29) is 16.8 Å². The lowest BCUT2D eigenvalue weighted by Crippen LogP contribution is -2.29. The molecule has 6 nitrogen and oxygen atoms in total. The van der Waals surface area contributed by atoms with Crippen molar-refractivity contribution in [3.05, 3.63) is 111 Å². The third-order valence-corrected chi connectivity index (χ3v) is 6.48. The summed E-state index contributed by atoms with van der Waals surface area (Å²) in [5, 5.41) is 0.922. The molecule has 35 heavy (non-hydrogen) atoms. The average Bonchev–Trinajstić information content (AvgIpc) is 3.17. The molecule has 5 rings (SSSR count). The Morgan fingerprint density at radius 2 is 1.89 bits per heavy atom. The van der Waals surface area contributed by atoms with Crippen LogP contribution < -0.4 is 19.8 Å². The van der Waals surface area contributed by atoms with E-state index in [9.17, 15) is 9.59 Å². The van der Waals surface area contributed by atoms with Crippen molar-refractivity contribution in [3.63, 3.8) is 0 Å². The first kappa shape index (κ1) is 22.7. The molecular weight excluding hydrogens is 466 g/mol. The van der Waals surface area contributed by atoms with Crippen molar-refractivity contribution >= 4 is 34.2 Å². The van der Waals surface area contributed by atoms with Crippen molar-refractivity contribution in [2.45, 2.75) is 13.0 Å². The Kier molecular flexibility index (Phi) is 5.83. The number of benzene rings is 3. The molecule has 1 unspecified atom stereocenters. The van der Waals surface area contributed by atoms with Gasteiger partial charge in [-0.15, -0.1) is 0 Å². The van der Waals surface area contributed by atoms with Crippen LogP contribution in [0.2, 0.25) is 5.02 Å². The highest BCUT2D eigenvalue weighted by atomic mass is 35.5. The van der Waals surface area contributed by atoms with Crippen LogP contribution in [0.1, 0.15) is 33.3 Å². The lowest BCUT2D eigenvalue weighted by atomic mass is 9.97. The van der Waals surface area contributed by atoms with Gasteiger partial charge >= 0.3 is 0 Å². The van der Waals surface area contributed by atoms with Crippen LogP contribution in [0.15, 0.2) is 82.5 Å². The van der Waals surface area contributed by atoms with Gasteiger partial charge in [0.25, 0.3) is 5.91 Å². The zero-order valence-corrected chi connectivity index (χ0v) is 20.0. The summed E-state index contributed by atoms with van der Waals surface area (Å²) >= 11 is 6.41. The molecule has 4 aromatic rings. The van der Waals surface area contributed by atoms with Crippen LogP contribution in [0.4, 0.5) is 5.69 Å². The maximum Gasteiger partial charge on any atom is 0.295 e. The number of rotatable bonds is 6. The van der Waals surface area contributed by atoms with Gasteiger partial charge in [-0.1, -0.05) is 48.5 Å². The van der Waals surface area contributed by atoms with E-state index in [1.807, 2.05) is 19.1 Å². The minimum Gasteiger partial charge on any atom is -0.493 e. The fourth-order valence-corrected chi connectivity index (χ4v) is 4.53. The minimum absolute atomic E-state index is 0.0151. The molecule has 1 aliphatic heterocycles. The molecule has 0 bridgehead atoms. The summed E-state index contributed by atoms with van der Waals surface area (Å²) in [5.41, 5.74) is 2.47. The molecule has 1 aliphatic rings. The third-order valence-electron chi connectivity index (χ3n) is 6.07. The summed E-state index contributed by atoms with van der Waals surface area (Å²) in [6.07, 6.45) is 1.64. The summed E-state index contributed by atoms with van der Waals surface area (Å²) in [7, 11) is 1.53. The molecule has 0 radical (unpaired) electrons. The first-order valence-corrected chi connectivity index (χ1v) is 11.4. The van der Waals surface area contributed by atoms with Crippen LogP contribution in [-0.4, -0.2) is 19.6 Å². The molecule has 0 saturated carbocycles. The van der Waals surface area contributed by atoms with Crippen molar-refractivity contribution in [3.8, 4) is 11.5 Å². The van der Waals surface area contributed by atoms with Crippen molar-refractivity contribution in [1.82, 2.24) is 0 Å². The molecule has 7 heteroatoms. The first-order chi connectivity index (χ1) is 16.9. The van der Waals surface area contributed by atoms with Crippen LogP contribution in [0.3, 0.4) is 0 Å². The summed E-state index contributed by atoms with van der Waals surface area (Å²) in [6.45, 7) is 5.86. The summed E-state index contributed by atoms with van der Waals surface area (Å²) < 4.78 is 17.2. The fourth-order valence-electron chi connectivity index (χ4n) is 4.36. The molecule has 1 atom stereocenters. The van der Waals surface area contributed by atoms with E-state index in [2.05, 4.69) is 6.58 Å². The maximum absolute atomic E-state index is 13.7.